The fraction of sp³-hybridized carbons (Fsp3) is 0.136. The Hall–Kier alpha value is -3.16. The minimum absolute atomic E-state index is 0.0563. The molecule has 29 heavy (non-hydrogen) atoms. The van der Waals surface area contributed by atoms with Gasteiger partial charge in [-0.2, -0.15) is 0 Å². The molecule has 0 saturated carbocycles. The first-order valence-electron chi connectivity index (χ1n) is 9.22. The molecule has 0 atom stereocenters. The maximum absolute atomic E-state index is 13.1. The summed E-state index contributed by atoms with van der Waals surface area (Å²) < 4.78 is 33.6. The van der Waals surface area contributed by atoms with Gasteiger partial charge >= 0.3 is 0 Å². The van der Waals surface area contributed by atoms with Crippen LogP contribution in [0.4, 0.5) is 5.69 Å². The lowest BCUT2D eigenvalue weighted by Gasteiger charge is -2.29. The largest absolute Gasteiger partial charge is 0.490 e. The Kier molecular flexibility index (Phi) is 5.33. The normalized spacial score (nSPS) is 13.4. The van der Waals surface area contributed by atoms with Crippen LogP contribution in [0.1, 0.15) is 15.9 Å². The molecule has 4 rings (SSSR count). The predicted octanol–water partition coefficient (Wildman–Crippen LogP) is 3.20. The van der Waals surface area contributed by atoms with Gasteiger partial charge in [-0.15, -0.1) is 0 Å². The molecule has 0 aliphatic carbocycles. The van der Waals surface area contributed by atoms with E-state index in [1.807, 2.05) is 54.6 Å². The molecule has 1 aliphatic heterocycles. The van der Waals surface area contributed by atoms with Crippen molar-refractivity contribution in [3.8, 4) is 5.75 Å². The number of fused-ring (bicyclic) bond motifs is 1. The van der Waals surface area contributed by atoms with E-state index in [4.69, 9.17) is 4.74 Å². The summed E-state index contributed by atoms with van der Waals surface area (Å²) >= 11 is 0. The molecule has 0 radical (unpaired) electrons. The van der Waals surface area contributed by atoms with Gasteiger partial charge in [-0.3, -0.25) is 4.79 Å². The van der Waals surface area contributed by atoms with Gasteiger partial charge in [0.05, 0.1) is 17.1 Å². The quantitative estimate of drug-likeness (QED) is 0.703. The van der Waals surface area contributed by atoms with Gasteiger partial charge in [0.15, 0.2) is 0 Å². The second kappa shape index (κ2) is 8.06. The van der Waals surface area contributed by atoms with Crippen molar-refractivity contribution in [3.05, 3.63) is 90.0 Å². The Bertz CT molecular complexity index is 1130. The van der Waals surface area contributed by atoms with E-state index in [1.54, 1.807) is 17.0 Å². The van der Waals surface area contributed by atoms with Crippen molar-refractivity contribution in [2.24, 2.45) is 0 Å². The third-order valence-electron chi connectivity index (χ3n) is 4.67. The number of rotatable bonds is 5. The standard InChI is InChI=1S/C22H20N2O4S/c25-22(24-13-14-28-21-12-5-4-11-20(21)24)18-9-6-10-19(15-18)29(26,27)23-16-17-7-2-1-3-8-17/h1-12,15,23H,13-14,16H2. The van der Waals surface area contributed by atoms with E-state index in [-0.39, 0.29) is 17.3 Å². The highest BCUT2D eigenvalue weighted by Gasteiger charge is 2.25. The summed E-state index contributed by atoms with van der Waals surface area (Å²) in [5.41, 5.74) is 1.84. The van der Waals surface area contributed by atoms with E-state index in [2.05, 4.69) is 4.72 Å². The van der Waals surface area contributed by atoms with Gasteiger partial charge in [-0.05, 0) is 35.9 Å². The van der Waals surface area contributed by atoms with Crippen LogP contribution in [0.3, 0.4) is 0 Å². The molecule has 1 amide bonds. The van der Waals surface area contributed by atoms with Gasteiger partial charge in [-0.25, -0.2) is 13.1 Å². The SMILES string of the molecule is O=C(c1cccc(S(=O)(=O)NCc2ccccc2)c1)N1CCOc2ccccc21. The molecule has 3 aromatic rings. The van der Waals surface area contributed by atoms with Gasteiger partial charge < -0.3 is 9.64 Å². The molecule has 1 aliphatic rings. The third kappa shape index (κ3) is 4.16. The molecule has 0 saturated heterocycles. The molecule has 0 unspecified atom stereocenters. The first-order chi connectivity index (χ1) is 14.0. The number of hydrogen-bond donors (Lipinski definition) is 1. The molecule has 0 bridgehead atoms. The highest BCUT2D eigenvalue weighted by atomic mass is 32.2. The summed E-state index contributed by atoms with van der Waals surface area (Å²) in [6, 6.07) is 22.7. The molecule has 1 heterocycles. The molecule has 0 aromatic heterocycles. The van der Waals surface area contributed by atoms with Crippen LogP contribution in [0.25, 0.3) is 0 Å². The minimum atomic E-state index is -3.75. The van der Waals surface area contributed by atoms with E-state index in [9.17, 15) is 13.2 Å². The predicted molar refractivity (Wildman–Crippen MR) is 111 cm³/mol. The molecule has 6 nitrogen and oxygen atoms in total. The topological polar surface area (TPSA) is 75.7 Å². The Morgan fingerprint density at radius 1 is 0.966 bits per heavy atom. The molecule has 148 valence electrons. The molecule has 3 aromatic carbocycles. The molecule has 7 heteroatoms. The van der Waals surface area contributed by atoms with Crippen LogP contribution >= 0.6 is 0 Å². The number of anilines is 1. The lowest BCUT2D eigenvalue weighted by molar-refractivity contribution is 0.0976. The smallest absolute Gasteiger partial charge is 0.258 e. The van der Waals surface area contributed by atoms with Crippen LogP contribution in [0.5, 0.6) is 5.75 Å². The summed E-state index contributed by atoms with van der Waals surface area (Å²) in [6.07, 6.45) is 0. The summed E-state index contributed by atoms with van der Waals surface area (Å²) in [7, 11) is -3.75. The van der Waals surface area contributed by atoms with Crippen LogP contribution in [-0.4, -0.2) is 27.5 Å². The van der Waals surface area contributed by atoms with Crippen molar-refractivity contribution in [1.82, 2.24) is 4.72 Å². The fourth-order valence-electron chi connectivity index (χ4n) is 3.19. The number of nitrogens with one attached hydrogen (secondary N) is 1. The van der Waals surface area contributed by atoms with E-state index in [0.717, 1.165) is 5.56 Å². The Labute approximate surface area is 169 Å². The van der Waals surface area contributed by atoms with Gasteiger partial charge in [0.25, 0.3) is 5.91 Å². The van der Waals surface area contributed by atoms with Crippen molar-refractivity contribution in [2.45, 2.75) is 11.4 Å². The van der Waals surface area contributed by atoms with Crippen molar-refractivity contribution in [1.29, 1.82) is 0 Å². The van der Waals surface area contributed by atoms with Crippen molar-refractivity contribution < 1.29 is 17.9 Å². The maximum atomic E-state index is 13.1. The van der Waals surface area contributed by atoms with E-state index >= 15 is 0 Å². The number of carbonyl (C=O) groups excluding carboxylic acids is 1. The van der Waals surface area contributed by atoms with Crippen LogP contribution in [0, 0.1) is 0 Å². The van der Waals surface area contributed by atoms with Gasteiger partial charge in [-0.1, -0.05) is 48.5 Å². The van der Waals surface area contributed by atoms with E-state index in [0.29, 0.717) is 30.2 Å². The zero-order chi connectivity index (χ0) is 20.3. The molecular weight excluding hydrogens is 388 g/mol. The number of sulfonamides is 1. The average Bonchev–Trinajstić information content (AvgIpc) is 2.78. The number of amides is 1. The number of hydrogen-bond acceptors (Lipinski definition) is 4. The second-order valence-corrected chi connectivity index (χ2v) is 8.38. The van der Waals surface area contributed by atoms with Crippen LogP contribution in [0.15, 0.2) is 83.8 Å². The van der Waals surface area contributed by atoms with Gasteiger partial charge in [0.1, 0.15) is 12.4 Å². The lowest BCUT2D eigenvalue weighted by Crippen LogP contribution is -2.38. The summed E-state index contributed by atoms with van der Waals surface area (Å²) in [5, 5.41) is 0. The second-order valence-electron chi connectivity index (χ2n) is 6.61. The number of nitrogens with zero attached hydrogens (tertiary/aromatic N) is 1. The van der Waals surface area contributed by atoms with E-state index in [1.165, 1.54) is 12.1 Å². The molecular formula is C22H20N2O4S. The average molecular weight is 408 g/mol. The van der Waals surface area contributed by atoms with Crippen LogP contribution in [0.2, 0.25) is 0 Å². The van der Waals surface area contributed by atoms with Gasteiger partial charge in [0, 0.05) is 12.1 Å². The highest BCUT2D eigenvalue weighted by Crippen LogP contribution is 2.32. The fourth-order valence-corrected chi connectivity index (χ4v) is 4.25. The highest BCUT2D eigenvalue weighted by molar-refractivity contribution is 7.89. The first-order valence-corrected chi connectivity index (χ1v) is 10.7. The molecule has 0 fully saturated rings. The Morgan fingerprint density at radius 2 is 1.72 bits per heavy atom. The van der Waals surface area contributed by atoms with Crippen molar-refractivity contribution in [2.75, 3.05) is 18.1 Å². The first kappa shape index (κ1) is 19.2. The monoisotopic (exact) mass is 408 g/mol. The Balaban J connectivity index is 1.56. The van der Waals surface area contributed by atoms with Crippen molar-refractivity contribution >= 4 is 21.6 Å². The zero-order valence-electron chi connectivity index (χ0n) is 15.6. The number of ether oxygens (including phenoxy) is 1. The zero-order valence-corrected chi connectivity index (χ0v) is 16.4. The lowest BCUT2D eigenvalue weighted by atomic mass is 10.1. The maximum Gasteiger partial charge on any atom is 0.258 e. The number of para-hydroxylation sites is 2. The minimum Gasteiger partial charge on any atom is -0.490 e. The summed E-state index contributed by atoms with van der Waals surface area (Å²) in [6.45, 7) is 0.969. The Morgan fingerprint density at radius 3 is 2.55 bits per heavy atom. The van der Waals surface area contributed by atoms with Crippen molar-refractivity contribution in [3.63, 3.8) is 0 Å². The van der Waals surface area contributed by atoms with Crippen LogP contribution < -0.4 is 14.4 Å². The molecule has 0 spiro atoms. The van der Waals surface area contributed by atoms with Gasteiger partial charge in [0.2, 0.25) is 10.0 Å². The molecule has 1 N–H and O–H groups in total. The summed E-state index contributed by atoms with van der Waals surface area (Å²) in [5.74, 6) is 0.376. The number of carbonyl (C=O) groups is 1. The van der Waals surface area contributed by atoms with Crippen LogP contribution in [-0.2, 0) is 16.6 Å². The number of benzene rings is 3. The summed E-state index contributed by atoms with van der Waals surface area (Å²) in [4.78, 5) is 14.7. The third-order valence-corrected chi connectivity index (χ3v) is 6.07. The van der Waals surface area contributed by atoms with E-state index < -0.39 is 10.0 Å².